The molecule has 3 aliphatic rings. The molecule has 0 atom stereocenters. The van der Waals surface area contributed by atoms with E-state index in [1.54, 1.807) is 0 Å². The summed E-state index contributed by atoms with van der Waals surface area (Å²) < 4.78 is 6.24. The quantitative estimate of drug-likeness (QED) is 0.890. The van der Waals surface area contributed by atoms with Crippen molar-refractivity contribution in [1.29, 1.82) is 0 Å². The van der Waals surface area contributed by atoms with Gasteiger partial charge in [-0.25, -0.2) is 0 Å². The first-order valence-electron chi connectivity index (χ1n) is 10.4. The van der Waals surface area contributed by atoms with E-state index in [1.807, 2.05) is 24.3 Å². The van der Waals surface area contributed by atoms with Gasteiger partial charge in [0, 0.05) is 51.3 Å². The standard InChI is InChI=1S/C23H27N3O2/c27-22-20-5-1-2-6-21(20)28-23(24-22)11-15-25(16-12-23)17-18-7-9-19(10-8-18)26-13-3-4-14-26/h1-2,5-10H,3-4,11-17H2,(H,24,27). The summed E-state index contributed by atoms with van der Waals surface area (Å²) in [6.45, 7) is 5.14. The van der Waals surface area contributed by atoms with Crippen LogP contribution in [0.4, 0.5) is 5.69 Å². The van der Waals surface area contributed by atoms with Gasteiger partial charge in [0.2, 0.25) is 0 Å². The molecule has 2 aromatic carbocycles. The minimum absolute atomic E-state index is 0.0206. The summed E-state index contributed by atoms with van der Waals surface area (Å²) in [5.41, 5.74) is 2.77. The van der Waals surface area contributed by atoms with Crippen LogP contribution in [0.15, 0.2) is 48.5 Å². The number of piperidine rings is 1. The van der Waals surface area contributed by atoms with Crippen LogP contribution in [-0.2, 0) is 6.54 Å². The Bertz CT molecular complexity index is 850. The molecule has 5 nitrogen and oxygen atoms in total. The van der Waals surface area contributed by atoms with Crippen LogP contribution in [0.5, 0.6) is 5.75 Å². The number of ether oxygens (including phenoxy) is 1. The van der Waals surface area contributed by atoms with Gasteiger partial charge in [-0.05, 0) is 42.7 Å². The fraction of sp³-hybridized carbons (Fsp3) is 0.435. The van der Waals surface area contributed by atoms with E-state index in [9.17, 15) is 4.79 Å². The molecular weight excluding hydrogens is 350 g/mol. The fourth-order valence-electron chi connectivity index (χ4n) is 4.60. The Balaban J connectivity index is 1.20. The Morgan fingerprint density at radius 1 is 0.929 bits per heavy atom. The number of benzene rings is 2. The highest BCUT2D eigenvalue weighted by Gasteiger charge is 2.42. The zero-order valence-electron chi connectivity index (χ0n) is 16.2. The molecular formula is C23H27N3O2. The van der Waals surface area contributed by atoms with Gasteiger partial charge in [-0.2, -0.15) is 0 Å². The van der Waals surface area contributed by atoms with Crippen molar-refractivity contribution in [2.45, 2.75) is 38.0 Å². The van der Waals surface area contributed by atoms with Crippen LogP contribution in [0.1, 0.15) is 41.6 Å². The third-order valence-electron chi connectivity index (χ3n) is 6.26. The third kappa shape index (κ3) is 3.35. The third-order valence-corrected chi connectivity index (χ3v) is 6.26. The summed E-state index contributed by atoms with van der Waals surface area (Å²) in [5, 5.41) is 3.12. The Morgan fingerprint density at radius 2 is 1.64 bits per heavy atom. The molecule has 2 fully saturated rings. The van der Waals surface area contributed by atoms with Gasteiger partial charge in [0.25, 0.3) is 5.91 Å². The monoisotopic (exact) mass is 377 g/mol. The zero-order chi connectivity index (χ0) is 19.0. The topological polar surface area (TPSA) is 44.8 Å². The molecule has 0 bridgehead atoms. The van der Waals surface area contributed by atoms with Crippen LogP contribution >= 0.6 is 0 Å². The molecule has 3 aliphatic heterocycles. The number of likely N-dealkylation sites (tertiary alicyclic amines) is 1. The highest BCUT2D eigenvalue weighted by atomic mass is 16.5. The van der Waals surface area contributed by atoms with Crippen LogP contribution in [0.25, 0.3) is 0 Å². The maximum atomic E-state index is 12.5. The van der Waals surface area contributed by atoms with E-state index in [1.165, 1.54) is 37.2 Å². The SMILES string of the molecule is O=C1NC2(CCN(Cc3ccc(N4CCCC4)cc3)CC2)Oc2ccccc21. The molecule has 0 radical (unpaired) electrons. The van der Waals surface area contributed by atoms with Crippen molar-refractivity contribution >= 4 is 11.6 Å². The number of carbonyl (C=O) groups is 1. The smallest absolute Gasteiger partial charge is 0.258 e. The molecule has 0 aliphatic carbocycles. The molecule has 2 saturated heterocycles. The molecule has 0 unspecified atom stereocenters. The lowest BCUT2D eigenvalue weighted by Crippen LogP contribution is -2.60. The molecule has 5 heteroatoms. The Labute approximate surface area is 166 Å². The second-order valence-electron chi connectivity index (χ2n) is 8.18. The Morgan fingerprint density at radius 3 is 2.39 bits per heavy atom. The average Bonchev–Trinajstić information content (AvgIpc) is 3.25. The molecule has 1 spiro atoms. The van der Waals surface area contributed by atoms with Gasteiger partial charge in [-0.3, -0.25) is 9.69 Å². The summed E-state index contributed by atoms with van der Waals surface area (Å²) in [7, 11) is 0. The predicted molar refractivity (Wildman–Crippen MR) is 110 cm³/mol. The highest BCUT2D eigenvalue weighted by Crippen LogP contribution is 2.33. The first-order valence-corrected chi connectivity index (χ1v) is 10.4. The summed E-state index contributed by atoms with van der Waals surface area (Å²) in [4.78, 5) is 17.4. The molecule has 1 N–H and O–H groups in total. The van der Waals surface area contributed by atoms with E-state index in [0.717, 1.165) is 32.5 Å². The molecule has 2 aromatic rings. The number of nitrogens with one attached hydrogen (secondary N) is 1. The van der Waals surface area contributed by atoms with Gasteiger partial charge in [0.15, 0.2) is 5.72 Å². The minimum atomic E-state index is -0.554. The van der Waals surface area contributed by atoms with Gasteiger partial charge in [-0.1, -0.05) is 24.3 Å². The second kappa shape index (κ2) is 7.13. The molecule has 146 valence electrons. The number of rotatable bonds is 3. The van der Waals surface area contributed by atoms with Gasteiger partial charge in [0.1, 0.15) is 5.75 Å². The number of carbonyl (C=O) groups excluding carboxylic acids is 1. The van der Waals surface area contributed by atoms with Gasteiger partial charge in [0.05, 0.1) is 5.56 Å². The molecule has 5 rings (SSSR count). The van der Waals surface area contributed by atoms with E-state index < -0.39 is 5.72 Å². The van der Waals surface area contributed by atoms with E-state index in [4.69, 9.17) is 4.74 Å². The van der Waals surface area contributed by atoms with Crippen LogP contribution in [0, 0.1) is 0 Å². The van der Waals surface area contributed by atoms with Crippen molar-refractivity contribution in [2.24, 2.45) is 0 Å². The molecule has 1 amide bonds. The van der Waals surface area contributed by atoms with Crippen molar-refractivity contribution in [2.75, 3.05) is 31.1 Å². The van der Waals surface area contributed by atoms with Crippen molar-refractivity contribution < 1.29 is 9.53 Å². The number of amides is 1. The number of fused-ring (bicyclic) bond motifs is 1. The maximum absolute atomic E-state index is 12.5. The largest absolute Gasteiger partial charge is 0.467 e. The minimum Gasteiger partial charge on any atom is -0.467 e. The van der Waals surface area contributed by atoms with Gasteiger partial charge >= 0.3 is 0 Å². The number of para-hydroxylation sites is 1. The molecule has 0 saturated carbocycles. The molecule has 3 heterocycles. The summed E-state index contributed by atoms with van der Waals surface area (Å²) in [6, 6.07) is 16.5. The second-order valence-corrected chi connectivity index (χ2v) is 8.18. The highest BCUT2D eigenvalue weighted by molar-refractivity contribution is 5.98. The number of nitrogens with zero attached hydrogens (tertiary/aromatic N) is 2. The summed E-state index contributed by atoms with van der Waals surface area (Å²) in [6.07, 6.45) is 4.22. The van der Waals surface area contributed by atoms with Crippen molar-refractivity contribution in [3.8, 4) is 5.75 Å². The molecule has 28 heavy (non-hydrogen) atoms. The number of hydrogen-bond donors (Lipinski definition) is 1. The zero-order valence-corrected chi connectivity index (χ0v) is 16.2. The fourth-order valence-corrected chi connectivity index (χ4v) is 4.60. The summed E-state index contributed by atoms with van der Waals surface area (Å²) in [5.74, 6) is 0.685. The maximum Gasteiger partial charge on any atom is 0.258 e. The van der Waals surface area contributed by atoms with Crippen molar-refractivity contribution in [3.05, 3.63) is 59.7 Å². The lowest BCUT2D eigenvalue weighted by molar-refractivity contribution is -0.0304. The van der Waals surface area contributed by atoms with Crippen LogP contribution in [0.3, 0.4) is 0 Å². The number of hydrogen-bond acceptors (Lipinski definition) is 4. The van der Waals surface area contributed by atoms with Gasteiger partial charge < -0.3 is 15.0 Å². The van der Waals surface area contributed by atoms with Gasteiger partial charge in [-0.15, -0.1) is 0 Å². The Hall–Kier alpha value is -2.53. The van der Waals surface area contributed by atoms with E-state index in [0.29, 0.717) is 11.3 Å². The summed E-state index contributed by atoms with van der Waals surface area (Å²) >= 11 is 0. The van der Waals surface area contributed by atoms with Crippen LogP contribution in [0.2, 0.25) is 0 Å². The first kappa shape index (κ1) is 17.6. The normalized spacial score (nSPS) is 21.3. The predicted octanol–water partition coefficient (Wildman–Crippen LogP) is 3.40. The van der Waals surface area contributed by atoms with Crippen LogP contribution in [-0.4, -0.2) is 42.7 Å². The van der Waals surface area contributed by atoms with Crippen molar-refractivity contribution in [3.63, 3.8) is 0 Å². The van der Waals surface area contributed by atoms with E-state index in [-0.39, 0.29) is 5.91 Å². The molecule has 0 aromatic heterocycles. The average molecular weight is 377 g/mol. The van der Waals surface area contributed by atoms with Crippen LogP contribution < -0.4 is 15.0 Å². The number of anilines is 1. The Kier molecular flexibility index (Phi) is 4.47. The van der Waals surface area contributed by atoms with Crippen molar-refractivity contribution in [1.82, 2.24) is 10.2 Å². The van der Waals surface area contributed by atoms with E-state index in [2.05, 4.69) is 39.4 Å². The van der Waals surface area contributed by atoms with E-state index >= 15 is 0 Å². The lowest BCUT2D eigenvalue weighted by atomic mass is 9.96. The lowest BCUT2D eigenvalue weighted by Gasteiger charge is -2.44. The first-order chi connectivity index (χ1) is 13.7.